The summed E-state index contributed by atoms with van der Waals surface area (Å²) < 4.78 is 3.52. The van der Waals surface area contributed by atoms with E-state index in [0.717, 1.165) is 56.4 Å². The third kappa shape index (κ3) is 3.43. The van der Waals surface area contributed by atoms with Crippen LogP contribution >= 0.6 is 0 Å². The Labute approximate surface area is 183 Å². The number of anilines is 4. The van der Waals surface area contributed by atoms with Crippen molar-refractivity contribution < 1.29 is 0 Å². The SMILES string of the molecule is Cc1cnc(Nc2cn(C)nc2C)nc1-c1[nH]nc2c(Nc3cn(C)nc3C)ccnc12. The van der Waals surface area contributed by atoms with Crippen LogP contribution in [0.4, 0.5) is 23.0 Å². The van der Waals surface area contributed by atoms with E-state index in [-0.39, 0.29) is 0 Å². The monoisotopic (exact) mass is 429 g/mol. The Morgan fingerprint density at radius 3 is 2.19 bits per heavy atom. The Kier molecular flexibility index (Phi) is 4.58. The molecule has 5 heterocycles. The highest BCUT2D eigenvalue weighted by molar-refractivity contribution is 5.97. The van der Waals surface area contributed by atoms with Crippen LogP contribution in [0.3, 0.4) is 0 Å². The number of aromatic nitrogens is 9. The fourth-order valence-electron chi connectivity index (χ4n) is 3.65. The van der Waals surface area contributed by atoms with Gasteiger partial charge in [-0.15, -0.1) is 0 Å². The summed E-state index contributed by atoms with van der Waals surface area (Å²) in [7, 11) is 3.77. The van der Waals surface area contributed by atoms with Crippen LogP contribution in [0.5, 0.6) is 0 Å². The van der Waals surface area contributed by atoms with E-state index in [1.54, 1.807) is 21.8 Å². The van der Waals surface area contributed by atoms with Gasteiger partial charge in [0.05, 0.1) is 34.1 Å². The van der Waals surface area contributed by atoms with Crippen LogP contribution in [0, 0.1) is 20.8 Å². The van der Waals surface area contributed by atoms with Crippen molar-refractivity contribution in [2.45, 2.75) is 20.8 Å². The van der Waals surface area contributed by atoms with Crippen molar-refractivity contribution in [1.82, 2.24) is 44.7 Å². The first-order valence-corrected chi connectivity index (χ1v) is 10.1. The Bertz CT molecular complexity index is 1440. The van der Waals surface area contributed by atoms with Crippen LogP contribution in [0.1, 0.15) is 17.0 Å². The molecule has 0 aromatic carbocycles. The summed E-state index contributed by atoms with van der Waals surface area (Å²) in [6.45, 7) is 5.85. The predicted octanol–water partition coefficient (Wildman–Crippen LogP) is 3.29. The first kappa shape index (κ1) is 19.7. The molecule has 0 saturated heterocycles. The molecule has 0 aliphatic rings. The lowest BCUT2D eigenvalue weighted by Crippen LogP contribution is -2.01. The maximum atomic E-state index is 4.74. The van der Waals surface area contributed by atoms with Gasteiger partial charge in [0, 0.05) is 38.9 Å². The second-order valence-corrected chi connectivity index (χ2v) is 7.73. The highest BCUT2D eigenvalue weighted by atomic mass is 15.3. The number of fused-ring (bicyclic) bond motifs is 1. The minimum atomic E-state index is 0.477. The second-order valence-electron chi connectivity index (χ2n) is 7.73. The van der Waals surface area contributed by atoms with E-state index in [1.807, 2.05) is 53.3 Å². The van der Waals surface area contributed by atoms with E-state index in [2.05, 4.69) is 41.0 Å². The van der Waals surface area contributed by atoms with Crippen LogP contribution in [0.15, 0.2) is 30.9 Å². The quantitative estimate of drug-likeness (QED) is 0.388. The molecule has 5 aromatic heterocycles. The molecule has 32 heavy (non-hydrogen) atoms. The molecule has 5 rings (SSSR count). The molecule has 0 amide bonds. The third-order valence-corrected chi connectivity index (χ3v) is 5.19. The number of hydrogen-bond acceptors (Lipinski definition) is 8. The third-order valence-electron chi connectivity index (χ3n) is 5.19. The van der Waals surface area contributed by atoms with Crippen LogP contribution in [-0.2, 0) is 14.1 Å². The van der Waals surface area contributed by atoms with Crippen molar-refractivity contribution >= 4 is 34.0 Å². The van der Waals surface area contributed by atoms with Gasteiger partial charge in [0.25, 0.3) is 0 Å². The van der Waals surface area contributed by atoms with Crippen LogP contribution in [-0.4, -0.2) is 44.7 Å². The van der Waals surface area contributed by atoms with Crippen LogP contribution in [0.25, 0.3) is 22.4 Å². The number of aryl methyl sites for hydroxylation is 5. The number of H-pyrrole nitrogens is 1. The van der Waals surface area contributed by atoms with Gasteiger partial charge in [-0.1, -0.05) is 0 Å². The Morgan fingerprint density at radius 2 is 1.53 bits per heavy atom. The van der Waals surface area contributed by atoms with Gasteiger partial charge in [-0.25, -0.2) is 9.97 Å². The van der Waals surface area contributed by atoms with E-state index in [1.165, 1.54) is 0 Å². The molecule has 5 aromatic rings. The zero-order chi connectivity index (χ0) is 22.4. The highest BCUT2D eigenvalue weighted by Gasteiger charge is 2.17. The van der Waals surface area contributed by atoms with Gasteiger partial charge in [-0.2, -0.15) is 15.3 Å². The number of rotatable bonds is 5. The number of hydrogen-bond donors (Lipinski definition) is 3. The summed E-state index contributed by atoms with van der Waals surface area (Å²) in [5.41, 5.74) is 8.20. The standard InChI is InChI=1S/C21H23N11/c1-11-8-23-21(25-16-10-32(5)30-13(16)3)26-17(11)20-19-18(27-28-20)14(6-7-22-19)24-15-9-31(4)29-12(15)2/h6-10H,1-5H3,(H,22,24)(H,27,28)(H,23,25,26). The van der Waals surface area contributed by atoms with E-state index < -0.39 is 0 Å². The lowest BCUT2D eigenvalue weighted by molar-refractivity contribution is 0.756. The van der Waals surface area contributed by atoms with Crippen molar-refractivity contribution in [3.8, 4) is 11.4 Å². The van der Waals surface area contributed by atoms with Gasteiger partial charge in [0.1, 0.15) is 16.7 Å². The average Bonchev–Trinajstić information content (AvgIpc) is 3.41. The molecule has 0 aliphatic carbocycles. The second kappa shape index (κ2) is 7.45. The van der Waals surface area contributed by atoms with Gasteiger partial charge in [0.15, 0.2) is 0 Å². The average molecular weight is 429 g/mol. The molecule has 0 radical (unpaired) electrons. The van der Waals surface area contributed by atoms with E-state index in [9.17, 15) is 0 Å². The molecule has 0 bridgehead atoms. The number of aromatic amines is 1. The first-order chi connectivity index (χ1) is 15.4. The maximum Gasteiger partial charge on any atom is 0.227 e. The summed E-state index contributed by atoms with van der Waals surface area (Å²) >= 11 is 0. The van der Waals surface area contributed by atoms with Gasteiger partial charge in [0.2, 0.25) is 5.95 Å². The fourth-order valence-corrected chi connectivity index (χ4v) is 3.65. The summed E-state index contributed by atoms with van der Waals surface area (Å²) in [6, 6.07) is 1.89. The summed E-state index contributed by atoms with van der Waals surface area (Å²) in [5, 5.41) is 23.0. The van der Waals surface area contributed by atoms with Crippen molar-refractivity contribution in [2.24, 2.45) is 14.1 Å². The van der Waals surface area contributed by atoms with E-state index in [0.29, 0.717) is 5.95 Å². The number of nitrogens with one attached hydrogen (secondary N) is 3. The van der Waals surface area contributed by atoms with Gasteiger partial charge in [-0.3, -0.25) is 19.4 Å². The summed E-state index contributed by atoms with van der Waals surface area (Å²) in [5.74, 6) is 0.477. The molecule has 0 saturated carbocycles. The van der Waals surface area contributed by atoms with E-state index in [4.69, 9.17) is 4.98 Å². The molecule has 0 fully saturated rings. The fraction of sp³-hybridized carbons (Fsp3) is 0.238. The number of pyridine rings is 1. The molecular formula is C21H23N11. The first-order valence-electron chi connectivity index (χ1n) is 10.1. The van der Waals surface area contributed by atoms with Crippen LogP contribution in [0.2, 0.25) is 0 Å². The lowest BCUT2D eigenvalue weighted by atomic mass is 10.1. The van der Waals surface area contributed by atoms with Gasteiger partial charge < -0.3 is 10.6 Å². The van der Waals surface area contributed by atoms with Crippen molar-refractivity contribution in [3.05, 3.63) is 47.8 Å². The van der Waals surface area contributed by atoms with Crippen molar-refractivity contribution in [3.63, 3.8) is 0 Å². The number of nitrogens with zero attached hydrogens (tertiary/aromatic N) is 8. The highest BCUT2D eigenvalue weighted by Crippen LogP contribution is 2.31. The van der Waals surface area contributed by atoms with Gasteiger partial charge >= 0.3 is 0 Å². The summed E-state index contributed by atoms with van der Waals surface area (Å²) in [6.07, 6.45) is 7.36. The Hall–Kier alpha value is -4.28. The predicted molar refractivity (Wildman–Crippen MR) is 122 cm³/mol. The normalized spacial score (nSPS) is 11.3. The smallest absolute Gasteiger partial charge is 0.227 e. The minimum Gasteiger partial charge on any atom is -0.351 e. The molecule has 162 valence electrons. The molecule has 0 unspecified atom stereocenters. The molecule has 0 aliphatic heterocycles. The van der Waals surface area contributed by atoms with Crippen molar-refractivity contribution in [2.75, 3.05) is 10.6 Å². The van der Waals surface area contributed by atoms with Gasteiger partial charge in [-0.05, 0) is 32.4 Å². The van der Waals surface area contributed by atoms with Crippen molar-refractivity contribution in [1.29, 1.82) is 0 Å². The maximum absolute atomic E-state index is 4.74. The molecule has 3 N–H and O–H groups in total. The molecule has 11 heteroatoms. The zero-order valence-corrected chi connectivity index (χ0v) is 18.5. The topological polar surface area (TPSA) is 127 Å². The molecule has 11 nitrogen and oxygen atoms in total. The Morgan fingerprint density at radius 1 is 0.844 bits per heavy atom. The zero-order valence-electron chi connectivity index (χ0n) is 18.5. The Balaban J connectivity index is 1.53. The molecule has 0 spiro atoms. The summed E-state index contributed by atoms with van der Waals surface area (Å²) in [4.78, 5) is 13.7. The van der Waals surface area contributed by atoms with Crippen LogP contribution < -0.4 is 10.6 Å². The minimum absolute atomic E-state index is 0.477. The molecular weight excluding hydrogens is 406 g/mol. The lowest BCUT2D eigenvalue weighted by Gasteiger charge is -2.08. The van der Waals surface area contributed by atoms with E-state index >= 15 is 0 Å². The largest absolute Gasteiger partial charge is 0.351 e. The molecule has 0 atom stereocenters.